The fourth-order valence-electron chi connectivity index (χ4n) is 2.60. The highest BCUT2D eigenvalue weighted by Gasteiger charge is 2.08. The van der Waals surface area contributed by atoms with E-state index >= 15 is 0 Å². The number of carbonyl (C=O) groups is 2. The Morgan fingerprint density at radius 3 is 2.67 bits per heavy atom. The molecule has 6 heteroatoms. The fourth-order valence-corrected chi connectivity index (χ4v) is 2.60. The van der Waals surface area contributed by atoms with Gasteiger partial charge in [-0.25, -0.2) is 4.98 Å². The van der Waals surface area contributed by atoms with E-state index in [0.717, 1.165) is 5.56 Å². The molecule has 0 saturated heterocycles. The molecule has 0 bridgehead atoms. The summed E-state index contributed by atoms with van der Waals surface area (Å²) in [6.45, 7) is 3.04. The monoisotopic (exact) mass is 362 g/mol. The van der Waals surface area contributed by atoms with Gasteiger partial charge in [0, 0.05) is 43.2 Å². The first-order valence-corrected chi connectivity index (χ1v) is 8.79. The third-order valence-corrected chi connectivity index (χ3v) is 4.14. The van der Waals surface area contributed by atoms with Gasteiger partial charge in [0.05, 0.1) is 6.33 Å². The quantitative estimate of drug-likeness (QED) is 0.678. The number of aryl methyl sites for hydroxylation is 2. The number of benzene rings is 2. The van der Waals surface area contributed by atoms with Crippen molar-refractivity contribution in [3.05, 3.63) is 83.9 Å². The molecule has 2 aromatic carbocycles. The summed E-state index contributed by atoms with van der Waals surface area (Å²) in [7, 11) is 0. The van der Waals surface area contributed by atoms with Crippen molar-refractivity contribution < 1.29 is 9.59 Å². The largest absolute Gasteiger partial charge is 0.348 e. The van der Waals surface area contributed by atoms with Crippen LogP contribution >= 0.6 is 0 Å². The lowest BCUT2D eigenvalue weighted by Crippen LogP contribution is -2.23. The van der Waals surface area contributed by atoms with E-state index in [2.05, 4.69) is 15.6 Å². The van der Waals surface area contributed by atoms with E-state index in [0.29, 0.717) is 30.8 Å². The molecular formula is C21H22N4O2. The van der Waals surface area contributed by atoms with Crippen LogP contribution < -0.4 is 10.6 Å². The molecule has 0 unspecified atom stereocenters. The first-order chi connectivity index (χ1) is 13.1. The number of rotatable bonds is 7. The van der Waals surface area contributed by atoms with Gasteiger partial charge in [-0.2, -0.15) is 0 Å². The highest BCUT2D eigenvalue weighted by atomic mass is 16.2. The summed E-state index contributed by atoms with van der Waals surface area (Å²) in [6.07, 6.45) is 5.50. The zero-order chi connectivity index (χ0) is 19.1. The topological polar surface area (TPSA) is 76.0 Å². The van der Waals surface area contributed by atoms with Crippen LogP contribution in [0.1, 0.15) is 27.9 Å². The van der Waals surface area contributed by atoms with Crippen LogP contribution in [0.5, 0.6) is 0 Å². The molecule has 1 heterocycles. The van der Waals surface area contributed by atoms with Gasteiger partial charge in [0.15, 0.2) is 0 Å². The van der Waals surface area contributed by atoms with Crippen LogP contribution in [0, 0.1) is 6.92 Å². The Kier molecular flexibility index (Phi) is 5.99. The third-order valence-electron chi connectivity index (χ3n) is 4.14. The van der Waals surface area contributed by atoms with Crippen molar-refractivity contribution >= 4 is 17.5 Å². The number of amides is 2. The van der Waals surface area contributed by atoms with Crippen molar-refractivity contribution in [1.82, 2.24) is 14.9 Å². The number of anilines is 1. The van der Waals surface area contributed by atoms with Gasteiger partial charge >= 0.3 is 0 Å². The second-order valence-electron chi connectivity index (χ2n) is 6.35. The normalized spacial score (nSPS) is 10.4. The highest BCUT2D eigenvalue weighted by molar-refractivity contribution is 5.97. The number of hydrogen-bond donors (Lipinski definition) is 2. The fraction of sp³-hybridized carbons (Fsp3) is 0.190. The number of nitrogens with zero attached hydrogens (tertiary/aromatic N) is 2. The van der Waals surface area contributed by atoms with E-state index in [4.69, 9.17) is 0 Å². The SMILES string of the molecule is Cc1ccc(CNC(=O)c2cccc(NC(=O)CCn3ccnc3)c2)cc1. The Balaban J connectivity index is 1.53. The van der Waals surface area contributed by atoms with Gasteiger partial charge in [-0.1, -0.05) is 35.9 Å². The molecule has 0 radical (unpaired) electrons. The standard InChI is InChI=1S/C21H22N4O2/c1-16-5-7-17(8-6-16)14-23-21(27)18-3-2-4-19(13-18)24-20(26)9-11-25-12-10-22-15-25/h2-8,10,12-13,15H,9,11,14H2,1H3,(H,23,27)(H,24,26). The van der Waals surface area contributed by atoms with E-state index in [1.165, 1.54) is 5.56 Å². The van der Waals surface area contributed by atoms with Crippen LogP contribution in [0.3, 0.4) is 0 Å². The zero-order valence-corrected chi connectivity index (χ0v) is 15.2. The van der Waals surface area contributed by atoms with Crippen molar-refractivity contribution in [3.8, 4) is 0 Å². The van der Waals surface area contributed by atoms with Crippen LogP contribution in [0.15, 0.2) is 67.3 Å². The lowest BCUT2D eigenvalue weighted by molar-refractivity contribution is -0.116. The van der Waals surface area contributed by atoms with Crippen LogP contribution in [0.25, 0.3) is 0 Å². The molecule has 0 fully saturated rings. The number of nitrogens with one attached hydrogen (secondary N) is 2. The third kappa shape index (κ3) is 5.54. The van der Waals surface area contributed by atoms with Crippen molar-refractivity contribution in [2.45, 2.75) is 26.4 Å². The van der Waals surface area contributed by atoms with E-state index in [1.54, 1.807) is 36.8 Å². The van der Waals surface area contributed by atoms with Crippen molar-refractivity contribution in [1.29, 1.82) is 0 Å². The number of imidazole rings is 1. The first-order valence-electron chi connectivity index (χ1n) is 8.79. The van der Waals surface area contributed by atoms with E-state index in [1.807, 2.05) is 42.0 Å². The van der Waals surface area contributed by atoms with Crippen LogP contribution in [-0.4, -0.2) is 21.4 Å². The Hall–Kier alpha value is -3.41. The van der Waals surface area contributed by atoms with Gasteiger partial charge < -0.3 is 15.2 Å². The second-order valence-corrected chi connectivity index (χ2v) is 6.35. The summed E-state index contributed by atoms with van der Waals surface area (Å²) >= 11 is 0. The molecule has 138 valence electrons. The average molecular weight is 362 g/mol. The molecule has 3 rings (SSSR count). The highest BCUT2D eigenvalue weighted by Crippen LogP contribution is 2.12. The maximum absolute atomic E-state index is 12.4. The molecule has 0 aliphatic rings. The molecule has 0 aliphatic carbocycles. The van der Waals surface area contributed by atoms with Gasteiger partial charge in [0.1, 0.15) is 0 Å². The van der Waals surface area contributed by atoms with Gasteiger partial charge in [-0.15, -0.1) is 0 Å². The Morgan fingerprint density at radius 1 is 1.11 bits per heavy atom. The van der Waals surface area contributed by atoms with Gasteiger partial charge in [0.2, 0.25) is 5.91 Å². The summed E-state index contributed by atoms with van der Waals surface area (Å²) < 4.78 is 1.84. The molecule has 2 amide bonds. The maximum Gasteiger partial charge on any atom is 0.251 e. The van der Waals surface area contributed by atoms with Crippen molar-refractivity contribution in [2.75, 3.05) is 5.32 Å². The van der Waals surface area contributed by atoms with Gasteiger partial charge in [-0.3, -0.25) is 9.59 Å². The Labute approximate surface area is 158 Å². The first kappa shape index (κ1) is 18.4. The second kappa shape index (κ2) is 8.80. The Bertz CT molecular complexity index is 902. The van der Waals surface area contributed by atoms with Crippen LogP contribution in [0.4, 0.5) is 5.69 Å². The van der Waals surface area contributed by atoms with Crippen LogP contribution in [0.2, 0.25) is 0 Å². The van der Waals surface area contributed by atoms with Gasteiger partial charge in [-0.05, 0) is 30.7 Å². The molecule has 27 heavy (non-hydrogen) atoms. The molecule has 6 nitrogen and oxygen atoms in total. The predicted molar refractivity (Wildman–Crippen MR) is 104 cm³/mol. The van der Waals surface area contributed by atoms with Gasteiger partial charge in [0.25, 0.3) is 5.91 Å². The molecule has 2 N–H and O–H groups in total. The van der Waals surface area contributed by atoms with E-state index in [9.17, 15) is 9.59 Å². The molecular weight excluding hydrogens is 340 g/mol. The number of hydrogen-bond acceptors (Lipinski definition) is 3. The van der Waals surface area contributed by atoms with Crippen LogP contribution in [-0.2, 0) is 17.9 Å². The lowest BCUT2D eigenvalue weighted by Gasteiger charge is -2.09. The maximum atomic E-state index is 12.4. The Morgan fingerprint density at radius 2 is 1.93 bits per heavy atom. The smallest absolute Gasteiger partial charge is 0.251 e. The summed E-state index contributed by atoms with van der Waals surface area (Å²) in [5, 5.41) is 5.72. The molecule has 0 saturated carbocycles. The molecule has 0 spiro atoms. The number of carbonyl (C=O) groups excluding carboxylic acids is 2. The zero-order valence-electron chi connectivity index (χ0n) is 15.2. The summed E-state index contributed by atoms with van der Waals surface area (Å²) in [5.74, 6) is -0.286. The minimum atomic E-state index is -0.176. The number of aromatic nitrogens is 2. The minimum Gasteiger partial charge on any atom is -0.348 e. The predicted octanol–water partition coefficient (Wildman–Crippen LogP) is 3.15. The van der Waals surface area contributed by atoms with E-state index in [-0.39, 0.29) is 11.8 Å². The lowest BCUT2D eigenvalue weighted by atomic mass is 10.1. The molecule has 0 atom stereocenters. The van der Waals surface area contributed by atoms with Crippen molar-refractivity contribution in [3.63, 3.8) is 0 Å². The van der Waals surface area contributed by atoms with E-state index < -0.39 is 0 Å². The van der Waals surface area contributed by atoms with Crippen molar-refractivity contribution in [2.24, 2.45) is 0 Å². The summed E-state index contributed by atoms with van der Waals surface area (Å²) in [6, 6.07) is 14.9. The molecule has 3 aromatic rings. The molecule has 1 aromatic heterocycles. The average Bonchev–Trinajstić information content (AvgIpc) is 3.19. The summed E-state index contributed by atoms with van der Waals surface area (Å²) in [5.41, 5.74) is 3.34. The molecule has 0 aliphatic heterocycles. The summed E-state index contributed by atoms with van der Waals surface area (Å²) in [4.78, 5) is 28.4. The minimum absolute atomic E-state index is 0.110.